The number of rotatable bonds is 5. The first-order valence-electron chi connectivity index (χ1n) is 8.37. The molecule has 0 aliphatic carbocycles. The molecule has 1 fully saturated rings. The zero-order chi connectivity index (χ0) is 19.6. The molecule has 0 unspecified atom stereocenters. The summed E-state index contributed by atoms with van der Waals surface area (Å²) in [4.78, 5) is 37.3. The third-order valence-electron chi connectivity index (χ3n) is 4.25. The molecular weight excluding hydrogens is 389 g/mol. The van der Waals surface area contributed by atoms with Gasteiger partial charge in [0.15, 0.2) is 6.04 Å². The maximum Gasteiger partial charge on any atom is 0.292 e. The van der Waals surface area contributed by atoms with Crippen LogP contribution in [0.4, 0.5) is 11.4 Å². The predicted octanol–water partition coefficient (Wildman–Crippen LogP) is 2.35. The second-order valence-corrected chi connectivity index (χ2v) is 7.11. The topological polar surface area (TPSA) is 83.1 Å². The van der Waals surface area contributed by atoms with E-state index in [2.05, 4.69) is 5.32 Å². The molecule has 1 saturated heterocycles. The van der Waals surface area contributed by atoms with E-state index in [4.69, 9.17) is 23.2 Å². The maximum atomic E-state index is 12.7. The standard InChI is InChI=1S/C19H17Cl2N3O3/c1-11(25)23-13-3-5-14(6-4-13)24-18(26)9-17(19(24)27)22-10-12-2-7-15(20)16(21)8-12/h2-8,17,22H,9-10H2,1H3,(H,23,25)/p+1/t17-/m0/s1. The molecule has 3 rings (SSSR count). The summed E-state index contributed by atoms with van der Waals surface area (Å²) in [5.41, 5.74) is 2.01. The largest absolute Gasteiger partial charge is 0.332 e. The van der Waals surface area contributed by atoms with Gasteiger partial charge >= 0.3 is 0 Å². The Labute approximate surface area is 166 Å². The molecule has 1 heterocycles. The number of benzene rings is 2. The Balaban J connectivity index is 1.67. The molecule has 1 atom stereocenters. The molecule has 3 N–H and O–H groups in total. The number of anilines is 2. The van der Waals surface area contributed by atoms with Crippen molar-refractivity contribution in [3.63, 3.8) is 0 Å². The van der Waals surface area contributed by atoms with Crippen molar-refractivity contribution in [2.45, 2.75) is 25.9 Å². The molecule has 6 nitrogen and oxygen atoms in total. The van der Waals surface area contributed by atoms with Gasteiger partial charge in [-0.2, -0.15) is 0 Å². The van der Waals surface area contributed by atoms with Crippen LogP contribution in [0.3, 0.4) is 0 Å². The van der Waals surface area contributed by atoms with Crippen molar-refractivity contribution in [1.82, 2.24) is 0 Å². The molecule has 0 bridgehead atoms. The fourth-order valence-corrected chi connectivity index (χ4v) is 3.27. The first-order chi connectivity index (χ1) is 12.8. The van der Waals surface area contributed by atoms with Crippen molar-refractivity contribution >= 4 is 52.3 Å². The number of nitrogens with two attached hydrogens (primary N) is 1. The number of hydrogen-bond acceptors (Lipinski definition) is 3. The number of nitrogens with one attached hydrogen (secondary N) is 1. The van der Waals surface area contributed by atoms with E-state index in [9.17, 15) is 14.4 Å². The lowest BCUT2D eigenvalue weighted by atomic mass is 10.2. The van der Waals surface area contributed by atoms with Crippen LogP contribution in [0.15, 0.2) is 42.5 Å². The van der Waals surface area contributed by atoms with Gasteiger partial charge in [0.25, 0.3) is 5.91 Å². The summed E-state index contributed by atoms with van der Waals surface area (Å²) in [6.45, 7) is 1.92. The number of nitrogens with zero attached hydrogens (tertiary/aromatic N) is 1. The van der Waals surface area contributed by atoms with E-state index in [0.717, 1.165) is 5.56 Å². The maximum absolute atomic E-state index is 12.7. The highest BCUT2D eigenvalue weighted by Gasteiger charge is 2.42. The highest BCUT2D eigenvalue weighted by Crippen LogP contribution is 2.24. The van der Waals surface area contributed by atoms with Gasteiger partial charge in [-0.1, -0.05) is 29.3 Å². The molecule has 1 aliphatic heterocycles. The van der Waals surface area contributed by atoms with Crippen LogP contribution >= 0.6 is 23.2 Å². The van der Waals surface area contributed by atoms with Gasteiger partial charge in [0.2, 0.25) is 11.8 Å². The van der Waals surface area contributed by atoms with Crippen molar-refractivity contribution in [3.8, 4) is 0 Å². The summed E-state index contributed by atoms with van der Waals surface area (Å²) in [6.07, 6.45) is 0.133. The van der Waals surface area contributed by atoms with Crippen LogP contribution in [-0.2, 0) is 20.9 Å². The molecular formula is C19H18Cl2N3O3+. The Morgan fingerprint density at radius 3 is 2.48 bits per heavy atom. The molecule has 0 radical (unpaired) electrons. The fourth-order valence-electron chi connectivity index (χ4n) is 2.95. The van der Waals surface area contributed by atoms with E-state index in [1.54, 1.807) is 36.4 Å². The Kier molecular flexibility index (Phi) is 5.79. The van der Waals surface area contributed by atoms with E-state index in [1.807, 2.05) is 11.4 Å². The molecule has 8 heteroatoms. The summed E-state index contributed by atoms with van der Waals surface area (Å²) in [7, 11) is 0. The Morgan fingerprint density at radius 2 is 1.85 bits per heavy atom. The van der Waals surface area contributed by atoms with E-state index in [1.165, 1.54) is 11.8 Å². The number of hydrogen-bond donors (Lipinski definition) is 2. The minimum atomic E-state index is -0.484. The zero-order valence-corrected chi connectivity index (χ0v) is 16.1. The molecule has 27 heavy (non-hydrogen) atoms. The number of halogens is 2. The summed E-state index contributed by atoms with van der Waals surface area (Å²) < 4.78 is 0. The van der Waals surface area contributed by atoms with Gasteiger partial charge in [0.1, 0.15) is 6.54 Å². The van der Waals surface area contributed by atoms with Crippen LogP contribution in [0.2, 0.25) is 10.0 Å². The Bertz CT molecular complexity index is 900. The van der Waals surface area contributed by atoms with Gasteiger partial charge in [0, 0.05) is 18.2 Å². The molecule has 1 aliphatic rings. The number of amides is 3. The summed E-state index contributed by atoms with van der Waals surface area (Å²) in [6, 6.07) is 11.4. The third-order valence-corrected chi connectivity index (χ3v) is 4.99. The first-order valence-corrected chi connectivity index (χ1v) is 9.12. The lowest BCUT2D eigenvalue weighted by Gasteiger charge is -2.15. The molecule has 140 valence electrons. The van der Waals surface area contributed by atoms with Gasteiger partial charge in [-0.25, -0.2) is 4.90 Å². The van der Waals surface area contributed by atoms with Gasteiger partial charge in [0.05, 0.1) is 22.2 Å². The minimum absolute atomic E-state index is 0.133. The van der Waals surface area contributed by atoms with Crippen molar-refractivity contribution in [1.29, 1.82) is 0 Å². The number of carbonyl (C=O) groups excluding carboxylic acids is 3. The van der Waals surface area contributed by atoms with Crippen LogP contribution in [0.25, 0.3) is 0 Å². The first kappa shape index (κ1) is 19.4. The Morgan fingerprint density at radius 1 is 1.15 bits per heavy atom. The number of imide groups is 1. The average Bonchev–Trinajstić information content (AvgIpc) is 2.90. The summed E-state index contributed by atoms with van der Waals surface area (Å²) >= 11 is 11.9. The molecule has 2 aromatic rings. The summed E-state index contributed by atoms with van der Waals surface area (Å²) in [5, 5.41) is 5.40. The van der Waals surface area contributed by atoms with Crippen molar-refractivity contribution < 1.29 is 19.7 Å². The van der Waals surface area contributed by atoms with Crippen LogP contribution in [0.5, 0.6) is 0 Å². The Hall–Kier alpha value is -2.41. The van der Waals surface area contributed by atoms with Gasteiger partial charge < -0.3 is 10.6 Å². The minimum Gasteiger partial charge on any atom is -0.332 e. The van der Waals surface area contributed by atoms with Gasteiger partial charge in [-0.15, -0.1) is 0 Å². The smallest absolute Gasteiger partial charge is 0.292 e. The monoisotopic (exact) mass is 406 g/mol. The van der Waals surface area contributed by atoms with Crippen LogP contribution < -0.4 is 15.5 Å². The second kappa shape index (κ2) is 8.08. The van der Waals surface area contributed by atoms with Gasteiger partial charge in [-0.3, -0.25) is 14.4 Å². The zero-order valence-electron chi connectivity index (χ0n) is 14.5. The lowest BCUT2D eigenvalue weighted by Crippen LogP contribution is -2.90. The molecule has 0 spiro atoms. The van der Waals surface area contributed by atoms with E-state index in [-0.39, 0.29) is 24.1 Å². The normalized spacial score (nSPS) is 16.7. The number of carbonyl (C=O) groups is 3. The van der Waals surface area contributed by atoms with E-state index in [0.29, 0.717) is 28.0 Å². The highest BCUT2D eigenvalue weighted by atomic mass is 35.5. The van der Waals surface area contributed by atoms with E-state index >= 15 is 0 Å². The van der Waals surface area contributed by atoms with Crippen LogP contribution in [0, 0.1) is 0 Å². The average molecular weight is 407 g/mol. The quantitative estimate of drug-likeness (QED) is 0.747. The molecule has 3 amide bonds. The SMILES string of the molecule is CC(=O)Nc1ccc(N2C(=O)C[C@H]([NH2+]Cc3ccc(Cl)c(Cl)c3)C2=O)cc1. The summed E-state index contributed by atoms with van der Waals surface area (Å²) in [5.74, 6) is -0.692. The molecule has 0 aromatic heterocycles. The van der Waals surface area contributed by atoms with Crippen LogP contribution in [-0.4, -0.2) is 23.8 Å². The third kappa shape index (κ3) is 4.47. The second-order valence-electron chi connectivity index (χ2n) is 6.29. The van der Waals surface area contributed by atoms with Crippen molar-refractivity contribution in [2.75, 3.05) is 10.2 Å². The fraction of sp³-hybridized carbons (Fsp3) is 0.211. The van der Waals surface area contributed by atoms with E-state index < -0.39 is 6.04 Å². The predicted molar refractivity (Wildman–Crippen MR) is 104 cm³/mol. The lowest BCUT2D eigenvalue weighted by molar-refractivity contribution is -0.690. The van der Waals surface area contributed by atoms with Gasteiger partial charge in [-0.05, 0) is 36.4 Å². The highest BCUT2D eigenvalue weighted by molar-refractivity contribution is 6.42. The van der Waals surface area contributed by atoms with Crippen molar-refractivity contribution in [2.24, 2.45) is 0 Å². The number of quaternary nitrogens is 1. The van der Waals surface area contributed by atoms with Crippen molar-refractivity contribution in [3.05, 3.63) is 58.1 Å². The van der Waals surface area contributed by atoms with Crippen LogP contribution in [0.1, 0.15) is 18.9 Å². The molecule has 0 saturated carbocycles. The molecule has 2 aromatic carbocycles.